The van der Waals surface area contributed by atoms with E-state index in [1.54, 1.807) is 12.3 Å². The lowest BCUT2D eigenvalue weighted by Gasteiger charge is -2.21. The van der Waals surface area contributed by atoms with Gasteiger partial charge in [-0.3, -0.25) is 4.79 Å². The molecule has 0 unspecified atom stereocenters. The summed E-state index contributed by atoms with van der Waals surface area (Å²) in [4.78, 5) is 18.9. The van der Waals surface area contributed by atoms with E-state index in [1.807, 2.05) is 25.9 Å². The summed E-state index contributed by atoms with van der Waals surface area (Å²) < 4.78 is 0. The molecule has 0 spiro atoms. The number of hydrogen-bond acceptors (Lipinski definition) is 3. The van der Waals surface area contributed by atoms with Crippen LogP contribution < -0.4 is 5.73 Å². The second-order valence-corrected chi connectivity index (χ2v) is 4.39. The van der Waals surface area contributed by atoms with Crippen molar-refractivity contribution in [3.8, 4) is 0 Å². The molecule has 0 radical (unpaired) electrons. The summed E-state index contributed by atoms with van der Waals surface area (Å²) in [5, 5.41) is 0. The van der Waals surface area contributed by atoms with Crippen LogP contribution in [0, 0.1) is 0 Å². The number of hydrogen-bond donors (Lipinski definition) is 2. The molecule has 0 saturated carbocycles. The number of aromatic amines is 1. The quantitative estimate of drug-likeness (QED) is 0.777. The molecule has 17 heavy (non-hydrogen) atoms. The molecule has 5 nitrogen and oxygen atoms in total. The minimum atomic E-state index is 0.0166. The van der Waals surface area contributed by atoms with E-state index in [2.05, 4.69) is 9.88 Å². The van der Waals surface area contributed by atoms with E-state index >= 15 is 0 Å². The van der Waals surface area contributed by atoms with Crippen molar-refractivity contribution in [2.24, 2.45) is 0 Å². The zero-order chi connectivity index (χ0) is 12.8. The lowest BCUT2D eigenvalue weighted by Crippen LogP contribution is -2.33. The molecule has 0 aliphatic carbocycles. The molecule has 1 heterocycles. The van der Waals surface area contributed by atoms with Gasteiger partial charge in [-0.15, -0.1) is 0 Å². The van der Waals surface area contributed by atoms with Gasteiger partial charge in [0, 0.05) is 25.0 Å². The van der Waals surface area contributed by atoms with Crippen LogP contribution in [-0.4, -0.2) is 54.4 Å². The molecule has 0 atom stereocenters. The smallest absolute Gasteiger partial charge is 0.270 e. The number of H-pyrrole nitrogens is 1. The number of carbonyl (C=O) groups is 1. The Morgan fingerprint density at radius 2 is 2.12 bits per heavy atom. The highest BCUT2D eigenvalue weighted by Crippen LogP contribution is 2.08. The molecule has 0 saturated heterocycles. The normalized spacial score (nSPS) is 10.8. The number of amides is 1. The zero-order valence-corrected chi connectivity index (χ0v) is 10.9. The Balaban J connectivity index is 2.52. The Morgan fingerprint density at radius 1 is 1.41 bits per heavy atom. The average Bonchev–Trinajstić information content (AvgIpc) is 2.70. The monoisotopic (exact) mass is 238 g/mol. The van der Waals surface area contributed by atoms with E-state index in [4.69, 9.17) is 5.73 Å². The summed E-state index contributed by atoms with van der Waals surface area (Å²) in [5.74, 6) is 0.0166. The highest BCUT2D eigenvalue weighted by atomic mass is 16.2. The van der Waals surface area contributed by atoms with Crippen LogP contribution in [-0.2, 0) is 0 Å². The predicted molar refractivity (Wildman–Crippen MR) is 70.0 cm³/mol. The summed E-state index contributed by atoms with van der Waals surface area (Å²) in [5.41, 5.74) is 6.75. The average molecular weight is 238 g/mol. The van der Waals surface area contributed by atoms with Crippen LogP contribution in [0.1, 0.15) is 23.8 Å². The second kappa shape index (κ2) is 6.30. The number of rotatable bonds is 6. The van der Waals surface area contributed by atoms with Gasteiger partial charge in [0.1, 0.15) is 5.69 Å². The third-order valence-corrected chi connectivity index (χ3v) is 2.64. The Hall–Kier alpha value is -1.49. The molecular weight excluding hydrogens is 216 g/mol. The lowest BCUT2D eigenvalue weighted by molar-refractivity contribution is 0.0754. The van der Waals surface area contributed by atoms with Crippen LogP contribution in [0.5, 0.6) is 0 Å². The summed E-state index contributed by atoms with van der Waals surface area (Å²) in [6.07, 6.45) is 2.61. The molecule has 0 aliphatic rings. The van der Waals surface area contributed by atoms with Crippen LogP contribution in [0.4, 0.5) is 5.69 Å². The topological polar surface area (TPSA) is 65.4 Å². The van der Waals surface area contributed by atoms with E-state index in [1.165, 1.54) is 0 Å². The van der Waals surface area contributed by atoms with E-state index < -0.39 is 0 Å². The maximum absolute atomic E-state index is 12.1. The van der Waals surface area contributed by atoms with E-state index in [0.29, 0.717) is 17.9 Å². The number of nitrogen functional groups attached to an aromatic ring is 1. The standard InChI is InChI=1S/C12H22N4O/c1-4-16(7-5-6-15(2)3)12(17)11-8-10(13)9-14-11/h8-9,14H,4-7,13H2,1-3H3. The van der Waals surface area contributed by atoms with Gasteiger partial charge in [-0.1, -0.05) is 0 Å². The SMILES string of the molecule is CCN(CCCN(C)C)C(=O)c1cc(N)c[nH]1. The van der Waals surface area contributed by atoms with Crippen molar-refractivity contribution in [3.63, 3.8) is 0 Å². The van der Waals surface area contributed by atoms with Crippen molar-refractivity contribution >= 4 is 11.6 Å². The number of nitrogens with two attached hydrogens (primary N) is 1. The molecule has 3 N–H and O–H groups in total. The van der Waals surface area contributed by atoms with Crippen molar-refractivity contribution in [1.29, 1.82) is 0 Å². The zero-order valence-electron chi connectivity index (χ0n) is 10.9. The number of anilines is 1. The molecule has 0 bridgehead atoms. The van der Waals surface area contributed by atoms with Gasteiger partial charge < -0.3 is 20.5 Å². The van der Waals surface area contributed by atoms with Gasteiger partial charge in [-0.2, -0.15) is 0 Å². The van der Waals surface area contributed by atoms with E-state index in [0.717, 1.165) is 19.5 Å². The van der Waals surface area contributed by atoms with Gasteiger partial charge in [0.25, 0.3) is 5.91 Å². The minimum absolute atomic E-state index is 0.0166. The van der Waals surface area contributed by atoms with Crippen LogP contribution >= 0.6 is 0 Å². The van der Waals surface area contributed by atoms with Crippen LogP contribution in [0.2, 0.25) is 0 Å². The van der Waals surface area contributed by atoms with Crippen molar-refractivity contribution in [2.75, 3.05) is 39.5 Å². The Kier molecular flexibility index (Phi) is 5.03. The number of aromatic nitrogens is 1. The van der Waals surface area contributed by atoms with Crippen molar-refractivity contribution in [2.45, 2.75) is 13.3 Å². The molecule has 0 aromatic carbocycles. The van der Waals surface area contributed by atoms with Crippen molar-refractivity contribution < 1.29 is 4.79 Å². The third-order valence-electron chi connectivity index (χ3n) is 2.64. The minimum Gasteiger partial charge on any atom is -0.397 e. The second-order valence-electron chi connectivity index (χ2n) is 4.39. The first kappa shape index (κ1) is 13.6. The lowest BCUT2D eigenvalue weighted by atomic mass is 10.3. The van der Waals surface area contributed by atoms with Crippen molar-refractivity contribution in [3.05, 3.63) is 18.0 Å². The summed E-state index contributed by atoms with van der Waals surface area (Å²) in [6, 6.07) is 1.68. The number of nitrogens with one attached hydrogen (secondary N) is 1. The fourth-order valence-corrected chi connectivity index (χ4v) is 1.69. The Bertz CT molecular complexity index is 359. The summed E-state index contributed by atoms with van der Waals surface area (Å²) in [6.45, 7) is 4.45. The Morgan fingerprint density at radius 3 is 2.59 bits per heavy atom. The first-order valence-corrected chi connectivity index (χ1v) is 5.92. The summed E-state index contributed by atoms with van der Waals surface area (Å²) >= 11 is 0. The van der Waals surface area contributed by atoms with Crippen LogP contribution in [0.3, 0.4) is 0 Å². The molecule has 1 aromatic heterocycles. The highest BCUT2D eigenvalue weighted by Gasteiger charge is 2.15. The molecule has 1 amide bonds. The van der Waals surface area contributed by atoms with Gasteiger partial charge in [0.2, 0.25) is 0 Å². The fraction of sp³-hybridized carbons (Fsp3) is 0.583. The molecule has 0 aliphatic heterocycles. The first-order chi connectivity index (χ1) is 8.04. The van der Waals surface area contributed by atoms with E-state index in [9.17, 15) is 4.79 Å². The van der Waals surface area contributed by atoms with Crippen molar-refractivity contribution in [1.82, 2.24) is 14.8 Å². The van der Waals surface area contributed by atoms with E-state index in [-0.39, 0.29) is 5.91 Å². The molecule has 96 valence electrons. The predicted octanol–water partition coefficient (Wildman–Crippen LogP) is 1.01. The largest absolute Gasteiger partial charge is 0.397 e. The Labute approximate surface area is 103 Å². The molecule has 1 aromatic rings. The molecule has 5 heteroatoms. The first-order valence-electron chi connectivity index (χ1n) is 5.92. The van der Waals surface area contributed by atoms with Gasteiger partial charge in [0.15, 0.2) is 0 Å². The van der Waals surface area contributed by atoms with Gasteiger partial charge in [0.05, 0.1) is 0 Å². The number of nitrogens with zero attached hydrogens (tertiary/aromatic N) is 2. The van der Waals surface area contributed by atoms with Crippen LogP contribution in [0.15, 0.2) is 12.3 Å². The maximum atomic E-state index is 12.1. The van der Waals surface area contributed by atoms with Crippen LogP contribution in [0.25, 0.3) is 0 Å². The molecule has 1 rings (SSSR count). The molecular formula is C12H22N4O. The fourth-order valence-electron chi connectivity index (χ4n) is 1.69. The van der Waals surface area contributed by atoms with Gasteiger partial charge in [-0.05, 0) is 40.1 Å². The van der Waals surface area contributed by atoms with Gasteiger partial charge in [-0.25, -0.2) is 0 Å². The summed E-state index contributed by atoms with van der Waals surface area (Å²) in [7, 11) is 4.06. The third kappa shape index (κ3) is 4.11. The highest BCUT2D eigenvalue weighted by molar-refractivity contribution is 5.93. The molecule has 0 fully saturated rings. The number of carbonyl (C=O) groups excluding carboxylic acids is 1. The van der Waals surface area contributed by atoms with Gasteiger partial charge >= 0.3 is 0 Å². The maximum Gasteiger partial charge on any atom is 0.270 e.